The number of fused-ring (bicyclic) bond motifs is 1. The predicted octanol–water partition coefficient (Wildman–Crippen LogP) is 5.30. The van der Waals surface area contributed by atoms with Crippen LogP contribution in [0.3, 0.4) is 0 Å². The Morgan fingerprint density at radius 1 is 1.16 bits per heavy atom. The minimum Gasteiger partial charge on any atom is -0.489 e. The number of hydrogen-bond acceptors (Lipinski definition) is 6. The summed E-state index contributed by atoms with van der Waals surface area (Å²) in [5, 5.41) is 24.3. The Labute approximate surface area is 229 Å². The topological polar surface area (TPSA) is 95.2 Å². The number of aliphatic hydroxyl groups is 2. The highest BCUT2D eigenvalue weighted by molar-refractivity contribution is 6.32. The fourth-order valence-electron chi connectivity index (χ4n) is 4.31. The third-order valence-corrected chi connectivity index (χ3v) is 6.83. The molecule has 0 aliphatic carbocycles. The van der Waals surface area contributed by atoms with Crippen molar-refractivity contribution in [2.75, 3.05) is 26.2 Å². The van der Waals surface area contributed by atoms with Gasteiger partial charge in [0.1, 0.15) is 24.0 Å². The summed E-state index contributed by atoms with van der Waals surface area (Å²) in [6, 6.07) is 8.96. The van der Waals surface area contributed by atoms with E-state index in [-0.39, 0.29) is 23.8 Å². The van der Waals surface area contributed by atoms with Crippen LogP contribution in [0.4, 0.5) is 8.78 Å². The Balaban J connectivity index is 1.55. The number of alkyl halides is 2. The van der Waals surface area contributed by atoms with Crippen molar-refractivity contribution in [3.05, 3.63) is 63.8 Å². The van der Waals surface area contributed by atoms with Crippen molar-refractivity contribution in [3.8, 4) is 5.75 Å². The average Bonchev–Trinajstić information content (AvgIpc) is 3.51. The van der Waals surface area contributed by atoms with Gasteiger partial charge in [0.05, 0.1) is 16.7 Å². The van der Waals surface area contributed by atoms with Gasteiger partial charge < -0.3 is 29.6 Å². The molecule has 2 heterocycles. The lowest BCUT2D eigenvalue weighted by Crippen LogP contribution is -2.50. The zero-order chi connectivity index (χ0) is 27.7. The molecule has 1 aromatic heterocycles. The van der Waals surface area contributed by atoms with E-state index in [1.807, 2.05) is 4.90 Å². The van der Waals surface area contributed by atoms with Crippen molar-refractivity contribution in [1.82, 2.24) is 10.2 Å². The number of rotatable bonds is 10. The van der Waals surface area contributed by atoms with E-state index in [2.05, 4.69) is 5.32 Å². The third-order valence-electron chi connectivity index (χ3n) is 6.30. The van der Waals surface area contributed by atoms with E-state index in [1.54, 1.807) is 19.9 Å². The van der Waals surface area contributed by atoms with Crippen molar-refractivity contribution >= 4 is 40.1 Å². The molecule has 0 saturated carbocycles. The average molecular weight is 571 g/mol. The van der Waals surface area contributed by atoms with Crippen LogP contribution in [0.2, 0.25) is 10.0 Å². The molecule has 4 rings (SSSR count). The minimum absolute atomic E-state index is 0.00859. The highest BCUT2D eigenvalue weighted by Gasteiger charge is 2.46. The quantitative estimate of drug-likeness (QED) is 0.306. The maximum Gasteiger partial charge on any atom is 0.380 e. The van der Waals surface area contributed by atoms with Crippen molar-refractivity contribution in [3.63, 3.8) is 0 Å². The number of hydrogen-bond donors (Lipinski definition) is 3. The first-order chi connectivity index (χ1) is 17.8. The number of carbonyl (C=O) groups excluding carboxylic acids is 1. The fourth-order valence-corrected chi connectivity index (χ4v) is 4.74. The zero-order valence-electron chi connectivity index (χ0n) is 21.0. The molecule has 7 nitrogen and oxygen atoms in total. The van der Waals surface area contributed by atoms with Crippen LogP contribution in [0.1, 0.15) is 44.1 Å². The first-order valence-corrected chi connectivity index (χ1v) is 13.0. The van der Waals surface area contributed by atoms with E-state index in [4.69, 9.17) is 32.4 Å². The van der Waals surface area contributed by atoms with Gasteiger partial charge >= 0.3 is 5.92 Å². The lowest BCUT2D eigenvalue weighted by Gasteiger charge is -2.30. The molecule has 1 aliphatic heterocycles. The number of carbonyl (C=O) groups is 1. The fraction of sp³-hybridized carbons (Fsp3) is 0.444. The zero-order valence-corrected chi connectivity index (χ0v) is 22.5. The van der Waals surface area contributed by atoms with Crippen LogP contribution in [0, 0.1) is 0 Å². The standard InChI is InChI=1S/C27H30Cl2F2N2O5/c1-26(2,36)15-37-22-7-5-16(12-19(22)29)24(34)20(14-33-9-3-4-10-33)32-25(35)27(30,31)23-13-17-11-18(28)6-8-21(17)38-23/h5-8,11-13,20,24,34,36H,3-4,9-10,14-15H2,1-2H3,(H,32,35)/t20-,24+/m1/s1. The Morgan fingerprint density at radius 3 is 2.53 bits per heavy atom. The van der Waals surface area contributed by atoms with E-state index >= 15 is 8.78 Å². The van der Waals surface area contributed by atoms with Gasteiger partial charge in [-0.2, -0.15) is 8.78 Å². The molecule has 2 atom stereocenters. The van der Waals surface area contributed by atoms with Gasteiger partial charge in [0, 0.05) is 17.0 Å². The summed E-state index contributed by atoms with van der Waals surface area (Å²) >= 11 is 12.3. The van der Waals surface area contributed by atoms with Crippen LogP contribution in [-0.2, 0) is 10.7 Å². The van der Waals surface area contributed by atoms with Gasteiger partial charge in [0.2, 0.25) is 0 Å². The second-order valence-corrected chi connectivity index (χ2v) is 11.0. The van der Waals surface area contributed by atoms with Gasteiger partial charge in [0.15, 0.2) is 5.76 Å². The molecule has 2 aromatic carbocycles. The summed E-state index contributed by atoms with van der Waals surface area (Å²) in [6.07, 6.45) is 0.534. The van der Waals surface area contributed by atoms with E-state index in [0.29, 0.717) is 21.7 Å². The second kappa shape index (κ2) is 11.4. The highest BCUT2D eigenvalue weighted by atomic mass is 35.5. The summed E-state index contributed by atoms with van der Waals surface area (Å²) in [5.74, 6) is -6.12. The Bertz CT molecular complexity index is 1290. The molecule has 38 heavy (non-hydrogen) atoms. The lowest BCUT2D eigenvalue weighted by atomic mass is 10.0. The Hall–Kier alpha value is -2.43. The number of aliphatic hydroxyl groups excluding tert-OH is 1. The van der Waals surface area contributed by atoms with Crippen LogP contribution in [0.5, 0.6) is 5.75 Å². The number of nitrogens with one attached hydrogen (secondary N) is 1. The van der Waals surface area contributed by atoms with Crippen molar-refractivity contribution in [1.29, 1.82) is 0 Å². The minimum atomic E-state index is -4.00. The highest BCUT2D eigenvalue weighted by Crippen LogP contribution is 2.35. The van der Waals surface area contributed by atoms with E-state index in [9.17, 15) is 15.0 Å². The predicted molar refractivity (Wildman–Crippen MR) is 141 cm³/mol. The molecule has 1 aliphatic rings. The monoisotopic (exact) mass is 570 g/mol. The van der Waals surface area contributed by atoms with Gasteiger partial charge in [-0.05, 0) is 81.7 Å². The summed E-state index contributed by atoms with van der Waals surface area (Å²) in [5.41, 5.74) is -0.590. The molecule has 0 spiro atoms. The molecule has 1 fully saturated rings. The summed E-state index contributed by atoms with van der Waals surface area (Å²) in [4.78, 5) is 14.9. The van der Waals surface area contributed by atoms with E-state index in [0.717, 1.165) is 32.0 Å². The Kier molecular flexibility index (Phi) is 8.54. The second-order valence-electron chi connectivity index (χ2n) is 10.2. The van der Waals surface area contributed by atoms with Crippen LogP contribution < -0.4 is 10.1 Å². The van der Waals surface area contributed by atoms with Crippen molar-refractivity contribution in [2.24, 2.45) is 0 Å². The molecule has 206 valence electrons. The molecule has 11 heteroatoms. The van der Waals surface area contributed by atoms with Gasteiger partial charge in [-0.25, -0.2) is 0 Å². The molecule has 0 bridgehead atoms. The van der Waals surface area contributed by atoms with Gasteiger partial charge in [-0.3, -0.25) is 4.79 Å². The van der Waals surface area contributed by atoms with Crippen LogP contribution in [0.25, 0.3) is 11.0 Å². The summed E-state index contributed by atoms with van der Waals surface area (Å²) in [7, 11) is 0. The summed E-state index contributed by atoms with van der Waals surface area (Å²) < 4.78 is 41.3. The number of benzene rings is 2. The molecule has 1 amide bonds. The molecule has 0 radical (unpaired) electrons. The van der Waals surface area contributed by atoms with Crippen LogP contribution in [0.15, 0.2) is 46.9 Å². The molecular formula is C27H30Cl2F2N2O5. The van der Waals surface area contributed by atoms with Crippen LogP contribution >= 0.6 is 23.2 Å². The number of likely N-dealkylation sites (tertiary alicyclic amines) is 1. The first-order valence-electron chi connectivity index (χ1n) is 12.3. The molecule has 3 aromatic rings. The smallest absolute Gasteiger partial charge is 0.380 e. The number of nitrogens with zero attached hydrogens (tertiary/aromatic N) is 1. The van der Waals surface area contributed by atoms with Gasteiger partial charge in [-0.15, -0.1) is 0 Å². The Morgan fingerprint density at radius 2 is 1.87 bits per heavy atom. The maximum absolute atomic E-state index is 15.2. The largest absolute Gasteiger partial charge is 0.489 e. The normalized spacial score (nSPS) is 16.5. The molecule has 3 N–H and O–H groups in total. The number of halogens is 4. The third kappa shape index (κ3) is 6.76. The van der Waals surface area contributed by atoms with E-state index < -0.39 is 35.3 Å². The summed E-state index contributed by atoms with van der Waals surface area (Å²) in [6.45, 7) is 4.77. The van der Waals surface area contributed by atoms with Gasteiger partial charge in [-0.1, -0.05) is 29.3 Å². The van der Waals surface area contributed by atoms with Crippen molar-refractivity contribution in [2.45, 2.75) is 50.4 Å². The maximum atomic E-state index is 15.2. The van der Waals surface area contributed by atoms with Crippen molar-refractivity contribution < 1.29 is 32.9 Å². The number of ether oxygens (including phenoxy) is 1. The lowest BCUT2D eigenvalue weighted by molar-refractivity contribution is -0.151. The molecule has 1 saturated heterocycles. The number of furan rings is 1. The number of amides is 1. The molecular weight excluding hydrogens is 541 g/mol. The van der Waals surface area contributed by atoms with Gasteiger partial charge in [0.25, 0.3) is 5.91 Å². The van der Waals surface area contributed by atoms with E-state index in [1.165, 1.54) is 30.3 Å². The van der Waals surface area contributed by atoms with Crippen LogP contribution in [-0.4, -0.2) is 58.9 Å². The SMILES string of the molecule is CC(C)(O)COc1ccc([C@H](O)[C@@H](CN2CCCC2)NC(=O)C(F)(F)c2cc3cc(Cl)ccc3o2)cc1Cl. The first kappa shape index (κ1) is 28.6. The molecule has 0 unspecified atom stereocenters.